The van der Waals surface area contributed by atoms with Crippen LogP contribution in [-0.4, -0.2) is 43.9 Å². The van der Waals surface area contributed by atoms with Gasteiger partial charge in [-0.25, -0.2) is 18.4 Å². The highest BCUT2D eigenvalue weighted by molar-refractivity contribution is 5.98. The number of anilines is 1. The lowest BCUT2D eigenvalue weighted by Crippen LogP contribution is -2.35. The molecular formula is C20H20F5N5O3. The summed E-state index contributed by atoms with van der Waals surface area (Å²) in [5.41, 5.74) is -0.595. The van der Waals surface area contributed by atoms with Crippen LogP contribution in [0.15, 0.2) is 29.3 Å². The molecule has 0 bridgehead atoms. The van der Waals surface area contributed by atoms with Crippen molar-refractivity contribution in [3.05, 3.63) is 34.9 Å². The third kappa shape index (κ3) is 5.29. The summed E-state index contributed by atoms with van der Waals surface area (Å²) >= 11 is 0. The van der Waals surface area contributed by atoms with Gasteiger partial charge in [-0.15, -0.1) is 0 Å². The van der Waals surface area contributed by atoms with Crippen molar-refractivity contribution in [3.63, 3.8) is 0 Å². The first-order valence-corrected chi connectivity index (χ1v) is 9.61. The number of aryl methyl sites for hydroxylation is 1. The predicted octanol–water partition coefficient (Wildman–Crippen LogP) is 3.91. The number of pyridine rings is 1. The number of alkyl halides is 5. The van der Waals surface area contributed by atoms with Gasteiger partial charge in [0.05, 0.1) is 17.4 Å². The molecule has 3 aromatic heterocycles. The van der Waals surface area contributed by atoms with Crippen LogP contribution < -0.4 is 15.6 Å². The van der Waals surface area contributed by atoms with Crippen molar-refractivity contribution in [1.82, 2.24) is 19.3 Å². The fourth-order valence-corrected chi connectivity index (χ4v) is 3.06. The number of rotatable bonds is 6. The zero-order valence-electron chi connectivity index (χ0n) is 18.0. The highest BCUT2D eigenvalue weighted by Crippen LogP contribution is 2.33. The number of nitrogens with zero attached hydrogens (tertiary/aromatic N) is 4. The minimum absolute atomic E-state index is 0.120. The first-order chi connectivity index (χ1) is 15.2. The van der Waals surface area contributed by atoms with E-state index in [2.05, 4.69) is 15.4 Å². The molecular weight excluding hydrogens is 453 g/mol. The lowest BCUT2D eigenvalue weighted by Gasteiger charge is -2.19. The van der Waals surface area contributed by atoms with E-state index in [0.717, 1.165) is 13.0 Å². The molecule has 3 rings (SSSR count). The van der Waals surface area contributed by atoms with Crippen molar-refractivity contribution >= 4 is 22.6 Å². The molecule has 33 heavy (non-hydrogen) atoms. The minimum atomic E-state index is -4.83. The summed E-state index contributed by atoms with van der Waals surface area (Å²) in [6.45, 7) is 1.34. The molecule has 1 amide bonds. The van der Waals surface area contributed by atoms with E-state index in [9.17, 15) is 31.5 Å². The molecule has 178 valence electrons. The van der Waals surface area contributed by atoms with Crippen LogP contribution in [0.5, 0.6) is 5.75 Å². The van der Waals surface area contributed by atoms with Gasteiger partial charge in [-0.1, -0.05) is 0 Å². The van der Waals surface area contributed by atoms with E-state index in [1.807, 2.05) is 0 Å². The second-order valence-corrected chi connectivity index (χ2v) is 7.64. The van der Waals surface area contributed by atoms with Crippen molar-refractivity contribution in [3.8, 4) is 17.0 Å². The molecule has 0 radical (unpaired) electrons. The number of nitrogens with one attached hydrogen (secondary N) is 1. The molecule has 0 aliphatic carbocycles. The maximum Gasteiger partial charge on any atom is 0.410 e. The van der Waals surface area contributed by atoms with Gasteiger partial charge in [0.25, 0.3) is 5.92 Å². The molecule has 0 spiro atoms. The first kappa shape index (κ1) is 24.1. The minimum Gasteiger partial charge on any atom is -0.481 e. The molecule has 0 fully saturated rings. The summed E-state index contributed by atoms with van der Waals surface area (Å²) in [6, 6.07) is 0.152. The maximum atomic E-state index is 13.4. The molecule has 1 N–H and O–H groups in total. The predicted molar refractivity (Wildman–Crippen MR) is 109 cm³/mol. The fourth-order valence-electron chi connectivity index (χ4n) is 3.06. The van der Waals surface area contributed by atoms with Crippen LogP contribution in [0.1, 0.15) is 26.8 Å². The van der Waals surface area contributed by atoms with Crippen LogP contribution in [0.25, 0.3) is 22.2 Å². The quantitative estimate of drug-likeness (QED) is 0.549. The Balaban J connectivity index is 2.24. The Hall–Kier alpha value is -3.51. The zero-order chi connectivity index (χ0) is 24.7. The summed E-state index contributed by atoms with van der Waals surface area (Å²) in [6.07, 6.45) is -1.87. The van der Waals surface area contributed by atoms with Crippen LogP contribution in [0.4, 0.5) is 27.8 Å². The topological polar surface area (TPSA) is 91.0 Å². The van der Waals surface area contributed by atoms with Gasteiger partial charge in [0.2, 0.25) is 5.91 Å². The highest BCUT2D eigenvalue weighted by atomic mass is 19.4. The van der Waals surface area contributed by atoms with E-state index in [1.165, 1.54) is 25.4 Å². The largest absolute Gasteiger partial charge is 0.481 e. The van der Waals surface area contributed by atoms with Gasteiger partial charge in [-0.2, -0.15) is 18.3 Å². The Morgan fingerprint density at radius 3 is 2.48 bits per heavy atom. The van der Waals surface area contributed by atoms with Gasteiger partial charge in [-0.3, -0.25) is 9.59 Å². The summed E-state index contributed by atoms with van der Waals surface area (Å²) < 4.78 is 73.4. The Morgan fingerprint density at radius 1 is 1.24 bits per heavy atom. The second kappa shape index (κ2) is 8.45. The Bertz CT molecular complexity index is 1260. The van der Waals surface area contributed by atoms with E-state index in [1.54, 1.807) is 11.6 Å². The average molecular weight is 473 g/mol. The number of carbonyl (C=O) groups is 1. The van der Waals surface area contributed by atoms with Crippen molar-refractivity contribution in [2.75, 3.05) is 11.9 Å². The number of fused-ring (bicyclic) bond motifs is 1. The highest BCUT2D eigenvalue weighted by Gasteiger charge is 2.39. The van der Waals surface area contributed by atoms with E-state index in [4.69, 9.17) is 4.74 Å². The van der Waals surface area contributed by atoms with Gasteiger partial charge in [0.1, 0.15) is 11.9 Å². The normalized spacial score (nSPS) is 13.2. The van der Waals surface area contributed by atoms with Crippen LogP contribution in [-0.2, 0) is 11.8 Å². The van der Waals surface area contributed by atoms with Crippen molar-refractivity contribution in [2.24, 2.45) is 7.05 Å². The van der Waals surface area contributed by atoms with Gasteiger partial charge < -0.3 is 14.6 Å². The Kier molecular flexibility index (Phi) is 6.18. The molecule has 0 aromatic carbocycles. The molecule has 1 atom stereocenters. The lowest BCUT2D eigenvalue weighted by molar-refractivity contribution is -0.166. The van der Waals surface area contributed by atoms with E-state index in [0.29, 0.717) is 17.8 Å². The molecule has 0 aliphatic heterocycles. The smallest absolute Gasteiger partial charge is 0.410 e. The Labute approximate surface area is 184 Å². The van der Waals surface area contributed by atoms with Crippen LogP contribution in [0.3, 0.4) is 0 Å². The monoisotopic (exact) mass is 473 g/mol. The number of ether oxygens (including phenoxy) is 1. The van der Waals surface area contributed by atoms with Crippen LogP contribution in [0.2, 0.25) is 0 Å². The van der Waals surface area contributed by atoms with Gasteiger partial charge in [-0.05, 0) is 13.0 Å². The molecule has 3 heterocycles. The number of amides is 1. The number of hydrogen-bond acceptors (Lipinski definition) is 5. The summed E-state index contributed by atoms with van der Waals surface area (Å²) in [5.74, 6) is -4.23. The SMILES string of the molecule is CC(=O)Nc1cc2c(-c3cc(OCC(C)(F)F)c(=O)n(C(C)C(F)(F)F)n3)cn(C)c2cn1. The molecule has 3 aromatic rings. The van der Waals surface area contributed by atoms with E-state index < -0.39 is 36.1 Å². The number of aromatic nitrogens is 4. The standard InChI is InChI=1S/C20H20F5N5O3/c1-10(20(23,24)25)30-18(32)16(33-9-19(3,21)22)6-14(28-30)13-8-29(4)15-7-26-17(5-12(13)15)27-11(2)31/h5-8,10H,9H2,1-4H3,(H,26,27,31). The third-order valence-electron chi connectivity index (χ3n) is 4.68. The molecule has 0 saturated heterocycles. The van der Waals surface area contributed by atoms with Crippen LogP contribution in [0, 0.1) is 0 Å². The van der Waals surface area contributed by atoms with Crippen molar-refractivity contribution < 1.29 is 31.5 Å². The van der Waals surface area contributed by atoms with Gasteiger partial charge in [0.15, 0.2) is 12.4 Å². The van der Waals surface area contributed by atoms with Gasteiger partial charge >= 0.3 is 11.7 Å². The van der Waals surface area contributed by atoms with Crippen LogP contribution >= 0.6 is 0 Å². The van der Waals surface area contributed by atoms with E-state index >= 15 is 0 Å². The van der Waals surface area contributed by atoms with Crippen molar-refractivity contribution in [2.45, 2.75) is 38.9 Å². The summed E-state index contributed by atoms with van der Waals surface area (Å²) in [4.78, 5) is 28.0. The lowest BCUT2D eigenvalue weighted by atomic mass is 10.1. The molecule has 0 saturated carbocycles. The molecule has 13 heteroatoms. The summed E-state index contributed by atoms with van der Waals surface area (Å²) in [7, 11) is 1.65. The average Bonchev–Trinajstić information content (AvgIpc) is 3.01. The van der Waals surface area contributed by atoms with Crippen molar-refractivity contribution in [1.29, 1.82) is 0 Å². The summed E-state index contributed by atoms with van der Waals surface area (Å²) in [5, 5.41) is 6.81. The Morgan fingerprint density at radius 2 is 1.91 bits per heavy atom. The van der Waals surface area contributed by atoms with E-state index in [-0.39, 0.29) is 27.7 Å². The number of halogens is 5. The first-order valence-electron chi connectivity index (χ1n) is 9.61. The molecule has 0 aliphatic rings. The zero-order valence-corrected chi connectivity index (χ0v) is 18.0. The molecule has 8 nitrogen and oxygen atoms in total. The number of carbonyl (C=O) groups excluding carboxylic acids is 1. The van der Waals surface area contributed by atoms with Gasteiger partial charge in [0, 0.05) is 44.1 Å². The fraction of sp³-hybridized carbons (Fsp3) is 0.400. The number of hydrogen-bond donors (Lipinski definition) is 1. The maximum absolute atomic E-state index is 13.4. The third-order valence-corrected chi connectivity index (χ3v) is 4.68. The second-order valence-electron chi connectivity index (χ2n) is 7.64. The molecule has 1 unspecified atom stereocenters.